The van der Waals surface area contributed by atoms with Crippen molar-refractivity contribution in [1.82, 2.24) is 9.80 Å². The van der Waals surface area contributed by atoms with Crippen molar-refractivity contribution >= 4 is 24.2 Å². The molecule has 4 saturated heterocycles. The Morgan fingerprint density at radius 2 is 1.50 bits per heavy atom. The lowest BCUT2D eigenvalue weighted by Crippen LogP contribution is -2.59. The van der Waals surface area contributed by atoms with Crippen LogP contribution >= 0.6 is 0 Å². The van der Waals surface area contributed by atoms with Gasteiger partial charge in [0, 0.05) is 42.7 Å². The summed E-state index contributed by atoms with van der Waals surface area (Å²) in [4.78, 5) is 21.3. The molecule has 40 heavy (non-hydrogen) atoms. The van der Waals surface area contributed by atoms with E-state index in [0.29, 0.717) is 19.1 Å². The van der Waals surface area contributed by atoms with Gasteiger partial charge in [0.2, 0.25) is 5.91 Å². The lowest BCUT2D eigenvalue weighted by molar-refractivity contribution is -0.128. The molecule has 10 heteroatoms. The van der Waals surface area contributed by atoms with Crippen LogP contribution in [0, 0.1) is 11.8 Å². The molecule has 0 radical (unpaired) electrons. The first-order chi connectivity index (χ1) is 18.9. The van der Waals surface area contributed by atoms with E-state index in [1.54, 1.807) is 0 Å². The lowest BCUT2D eigenvalue weighted by Gasteiger charge is -2.47. The summed E-state index contributed by atoms with van der Waals surface area (Å²) in [6.07, 6.45) is 3.31. The van der Waals surface area contributed by atoms with Crippen molar-refractivity contribution in [3.8, 4) is 0 Å². The largest absolute Gasteiger partial charge is 0.494 e. The van der Waals surface area contributed by atoms with Crippen LogP contribution in [0.4, 0.5) is 14.5 Å². The number of halogens is 2. The van der Waals surface area contributed by atoms with Gasteiger partial charge in [-0.15, -0.1) is 0 Å². The second-order valence-corrected chi connectivity index (χ2v) is 14.5. The van der Waals surface area contributed by atoms with Crippen LogP contribution in [0.3, 0.4) is 0 Å². The molecule has 8 rings (SSSR count). The molecule has 7 nitrogen and oxygen atoms in total. The van der Waals surface area contributed by atoms with Crippen molar-refractivity contribution < 1.29 is 27.6 Å². The van der Waals surface area contributed by atoms with E-state index in [0.717, 1.165) is 68.7 Å². The van der Waals surface area contributed by atoms with E-state index in [1.807, 2.05) is 0 Å². The van der Waals surface area contributed by atoms with Gasteiger partial charge in [-0.3, -0.25) is 14.6 Å². The summed E-state index contributed by atoms with van der Waals surface area (Å²) in [5, 5.41) is 0. The number of carbonyl (C=O) groups excluding carboxylic acids is 1. The number of piperidine rings is 2. The van der Waals surface area contributed by atoms with Crippen molar-refractivity contribution in [3.63, 3.8) is 0 Å². The summed E-state index contributed by atoms with van der Waals surface area (Å²) in [7, 11) is -0.489. The van der Waals surface area contributed by atoms with E-state index in [-0.39, 0.29) is 18.0 Å². The Morgan fingerprint density at radius 1 is 0.875 bits per heavy atom. The van der Waals surface area contributed by atoms with Crippen molar-refractivity contribution in [2.24, 2.45) is 11.8 Å². The highest BCUT2D eigenvalue weighted by molar-refractivity contribution is 6.62. The summed E-state index contributed by atoms with van der Waals surface area (Å²) < 4.78 is 45.8. The highest BCUT2D eigenvalue weighted by Gasteiger charge is 2.72. The van der Waals surface area contributed by atoms with Gasteiger partial charge >= 0.3 is 7.12 Å². The maximum Gasteiger partial charge on any atom is 0.494 e. The van der Waals surface area contributed by atoms with Gasteiger partial charge in [-0.1, -0.05) is 12.1 Å². The van der Waals surface area contributed by atoms with Gasteiger partial charge in [-0.25, -0.2) is 8.78 Å². The number of anilines is 1. The van der Waals surface area contributed by atoms with Gasteiger partial charge < -0.3 is 18.9 Å². The number of alkyl halides is 2. The maximum absolute atomic E-state index is 14.5. The van der Waals surface area contributed by atoms with Gasteiger partial charge in [-0.2, -0.15) is 0 Å². The molecule has 2 unspecified atom stereocenters. The van der Waals surface area contributed by atoms with E-state index in [1.165, 1.54) is 0 Å². The number of carbonyl (C=O) groups is 1. The Morgan fingerprint density at radius 3 is 2.08 bits per heavy atom. The predicted octanol–water partition coefficient (Wildman–Crippen LogP) is 2.79. The van der Waals surface area contributed by atoms with Crippen molar-refractivity contribution in [2.45, 2.75) is 94.0 Å². The first-order valence-corrected chi connectivity index (χ1v) is 15.2. The second kappa shape index (κ2) is 8.28. The van der Waals surface area contributed by atoms with Crippen molar-refractivity contribution in [1.29, 1.82) is 0 Å². The Hall–Kier alpha value is -1.59. The molecule has 0 aromatic heterocycles. The zero-order valence-electron chi connectivity index (χ0n) is 24.0. The maximum atomic E-state index is 14.5. The fourth-order valence-corrected chi connectivity index (χ4v) is 8.19. The minimum atomic E-state index is -2.46. The summed E-state index contributed by atoms with van der Waals surface area (Å²) >= 11 is 0. The smallest absolute Gasteiger partial charge is 0.399 e. The van der Waals surface area contributed by atoms with Crippen LogP contribution in [-0.2, 0) is 24.3 Å². The molecule has 216 valence electrons. The Labute approximate surface area is 235 Å². The molecule has 0 bridgehead atoms. The molecular formula is C30H40BF2N3O4. The molecule has 7 aliphatic rings. The summed E-state index contributed by atoms with van der Waals surface area (Å²) in [5.74, 6) is -3.16. The molecule has 1 aromatic rings. The molecular weight excluding hydrogens is 515 g/mol. The molecule has 2 atom stereocenters. The molecule has 0 N–H and O–H groups in total. The number of fused-ring (bicyclic) bond motifs is 3. The van der Waals surface area contributed by atoms with Crippen LogP contribution < -0.4 is 10.4 Å². The summed E-state index contributed by atoms with van der Waals surface area (Å²) in [6, 6.07) is 7.23. The van der Waals surface area contributed by atoms with Gasteiger partial charge in [0.25, 0.3) is 5.92 Å². The standard InChI is InChI=1S/C30H40BF2N3O4/c1-27(2)28(3,4)40-31(39-27)18-5-6-22-25(11-18)36(20-12-19(13-20)35-14-23-24(15-35)30(23,32)33)26(37)29(22)7-9-34(10-8-29)21-16-38-17-21/h5-6,11,19-21,23-24H,7-10,12-17H2,1-4H3/t19-,20+,23?,24?. The zero-order chi connectivity index (χ0) is 27.8. The van der Waals surface area contributed by atoms with Crippen molar-refractivity contribution in [3.05, 3.63) is 23.8 Å². The topological polar surface area (TPSA) is 54.5 Å². The monoisotopic (exact) mass is 555 g/mol. The van der Waals surface area contributed by atoms with Gasteiger partial charge in [0.05, 0.1) is 35.9 Å². The van der Waals surface area contributed by atoms with Crippen LogP contribution in [0.25, 0.3) is 0 Å². The van der Waals surface area contributed by atoms with E-state index in [4.69, 9.17) is 14.0 Å². The number of benzene rings is 1. The van der Waals surface area contributed by atoms with Crippen LogP contribution in [0.5, 0.6) is 0 Å². The zero-order valence-corrected chi connectivity index (χ0v) is 24.0. The predicted molar refractivity (Wildman–Crippen MR) is 147 cm³/mol. The highest BCUT2D eigenvalue weighted by atomic mass is 19.3. The minimum absolute atomic E-state index is 0.0969. The third-order valence-corrected chi connectivity index (χ3v) is 11.9. The van der Waals surface area contributed by atoms with Gasteiger partial charge in [0.15, 0.2) is 0 Å². The number of rotatable bonds is 4. The minimum Gasteiger partial charge on any atom is -0.399 e. The Bertz CT molecular complexity index is 1210. The molecule has 5 heterocycles. The quantitative estimate of drug-likeness (QED) is 0.533. The summed E-state index contributed by atoms with van der Waals surface area (Å²) in [6.45, 7) is 12.6. The van der Waals surface area contributed by atoms with Crippen LogP contribution in [-0.4, -0.2) is 97.5 Å². The number of nitrogens with zero attached hydrogens (tertiary/aromatic N) is 3. The van der Waals surface area contributed by atoms with Crippen LogP contribution in [0.2, 0.25) is 0 Å². The number of hydrogen-bond acceptors (Lipinski definition) is 6. The Kier molecular flexibility index (Phi) is 5.40. The van der Waals surface area contributed by atoms with E-state index >= 15 is 0 Å². The van der Waals surface area contributed by atoms with E-state index in [9.17, 15) is 13.6 Å². The lowest BCUT2D eigenvalue weighted by atomic mass is 9.71. The molecule has 1 amide bonds. The highest BCUT2D eigenvalue weighted by Crippen LogP contribution is 2.60. The normalized spacial score (nSPS) is 37.4. The summed E-state index contributed by atoms with van der Waals surface area (Å²) in [5.41, 5.74) is 1.67. The molecule has 2 saturated carbocycles. The molecule has 2 aliphatic carbocycles. The second-order valence-electron chi connectivity index (χ2n) is 14.5. The van der Waals surface area contributed by atoms with E-state index in [2.05, 4.69) is 60.6 Å². The molecule has 1 aromatic carbocycles. The van der Waals surface area contributed by atoms with Crippen molar-refractivity contribution in [2.75, 3.05) is 44.3 Å². The fourth-order valence-electron chi connectivity index (χ4n) is 8.19. The molecule has 5 aliphatic heterocycles. The van der Waals surface area contributed by atoms with E-state index < -0.39 is 41.5 Å². The van der Waals surface area contributed by atoms with Gasteiger partial charge in [0.1, 0.15) is 0 Å². The fraction of sp³-hybridized carbons (Fsp3) is 0.767. The van der Waals surface area contributed by atoms with Crippen LogP contribution in [0.1, 0.15) is 58.9 Å². The van der Waals surface area contributed by atoms with Crippen LogP contribution in [0.15, 0.2) is 18.2 Å². The first-order valence-electron chi connectivity index (χ1n) is 15.2. The molecule has 6 fully saturated rings. The molecule has 1 spiro atoms. The number of hydrogen-bond donors (Lipinski definition) is 0. The first kappa shape index (κ1) is 26.1. The number of ether oxygens (including phenoxy) is 1. The Balaban J connectivity index is 1.07. The number of amides is 1. The number of likely N-dealkylation sites (tertiary alicyclic amines) is 2. The SMILES string of the molecule is CC1(C)OB(c2ccc3c(c2)N([C@H]2C[C@@H](N4CC5C(C4)C5(F)F)C2)C(=O)C32CCN(C3COC3)CC2)OC1(C)C. The third-order valence-electron chi connectivity index (χ3n) is 11.9. The average molecular weight is 555 g/mol. The third kappa shape index (κ3) is 3.49. The average Bonchev–Trinajstić information content (AvgIpc) is 3.17. The van der Waals surface area contributed by atoms with Gasteiger partial charge in [-0.05, 0) is 83.6 Å².